The van der Waals surface area contributed by atoms with Crippen molar-refractivity contribution in [3.05, 3.63) is 0 Å². The smallest absolute Gasteiger partial charge is 0.0781 e. The molecule has 0 aromatic rings. The summed E-state index contributed by atoms with van der Waals surface area (Å²) in [6.45, 7) is 6.77. The highest BCUT2D eigenvalue weighted by Gasteiger charge is 2.00. The van der Waals surface area contributed by atoms with E-state index in [4.69, 9.17) is 19.3 Å². The first kappa shape index (κ1) is 12.8. The van der Waals surface area contributed by atoms with Crippen molar-refractivity contribution in [3.63, 3.8) is 0 Å². The predicted molar refractivity (Wildman–Crippen MR) is 49.8 cm³/mol. The number of ether oxygens (including phenoxy) is 3. The van der Waals surface area contributed by atoms with Crippen LogP contribution in [-0.2, 0) is 14.2 Å². The summed E-state index contributed by atoms with van der Waals surface area (Å²) in [5, 5.41) is 8.41. The molecule has 0 fully saturated rings. The van der Waals surface area contributed by atoms with Gasteiger partial charge in [-0.1, -0.05) is 0 Å². The van der Waals surface area contributed by atoms with Crippen molar-refractivity contribution in [2.75, 3.05) is 39.6 Å². The van der Waals surface area contributed by atoms with Gasteiger partial charge < -0.3 is 19.3 Å². The third kappa shape index (κ3) is 9.76. The van der Waals surface area contributed by atoms with Crippen molar-refractivity contribution < 1.29 is 19.3 Å². The Bertz CT molecular complexity index is 97.6. The van der Waals surface area contributed by atoms with Gasteiger partial charge in [0.1, 0.15) is 0 Å². The van der Waals surface area contributed by atoms with Crippen LogP contribution in [-0.4, -0.2) is 50.9 Å². The van der Waals surface area contributed by atoms with Gasteiger partial charge in [-0.2, -0.15) is 0 Å². The summed E-state index contributed by atoms with van der Waals surface area (Å²) < 4.78 is 15.5. The van der Waals surface area contributed by atoms with Gasteiger partial charge in [-0.25, -0.2) is 0 Å². The van der Waals surface area contributed by atoms with E-state index in [-0.39, 0.29) is 12.7 Å². The van der Waals surface area contributed by atoms with E-state index >= 15 is 0 Å². The molecular weight excluding hydrogens is 172 g/mol. The number of hydrogen-bond donors (Lipinski definition) is 1. The third-order valence-electron chi connectivity index (χ3n) is 1.42. The standard InChI is InChI=1S/C9H20O4/c1-3-11-8-9(2)13-7-6-12-5-4-10/h9-10H,3-8H2,1-2H3. The van der Waals surface area contributed by atoms with Crippen molar-refractivity contribution in [2.45, 2.75) is 20.0 Å². The van der Waals surface area contributed by atoms with Gasteiger partial charge in [-0.05, 0) is 13.8 Å². The topological polar surface area (TPSA) is 47.9 Å². The van der Waals surface area contributed by atoms with Crippen LogP contribution < -0.4 is 0 Å². The van der Waals surface area contributed by atoms with Gasteiger partial charge >= 0.3 is 0 Å². The maximum absolute atomic E-state index is 8.41. The summed E-state index contributed by atoms with van der Waals surface area (Å²) in [5.41, 5.74) is 0. The van der Waals surface area contributed by atoms with Gasteiger partial charge in [0, 0.05) is 6.61 Å². The molecule has 0 aromatic carbocycles. The Morgan fingerprint density at radius 3 is 2.54 bits per heavy atom. The molecule has 0 aromatic heterocycles. The average Bonchev–Trinajstić information content (AvgIpc) is 2.14. The number of aliphatic hydroxyl groups excluding tert-OH is 1. The summed E-state index contributed by atoms with van der Waals surface area (Å²) in [6.07, 6.45) is 0.109. The lowest BCUT2D eigenvalue weighted by Crippen LogP contribution is -2.19. The molecule has 0 spiro atoms. The Labute approximate surface area is 79.8 Å². The fourth-order valence-corrected chi connectivity index (χ4v) is 0.807. The molecule has 4 heteroatoms. The third-order valence-corrected chi connectivity index (χ3v) is 1.42. The highest BCUT2D eigenvalue weighted by molar-refractivity contribution is 4.46. The quantitative estimate of drug-likeness (QED) is 0.538. The van der Waals surface area contributed by atoms with Crippen molar-refractivity contribution in [2.24, 2.45) is 0 Å². The Balaban J connectivity index is 3.03. The second-order valence-electron chi connectivity index (χ2n) is 2.68. The summed E-state index contributed by atoms with van der Waals surface area (Å²) in [5.74, 6) is 0. The van der Waals surface area contributed by atoms with Crippen molar-refractivity contribution in [3.8, 4) is 0 Å². The number of rotatable bonds is 9. The van der Waals surface area contributed by atoms with E-state index in [1.807, 2.05) is 13.8 Å². The van der Waals surface area contributed by atoms with Gasteiger partial charge in [0.2, 0.25) is 0 Å². The normalized spacial score (nSPS) is 13.2. The van der Waals surface area contributed by atoms with E-state index in [2.05, 4.69) is 0 Å². The summed E-state index contributed by atoms with van der Waals surface area (Å²) in [4.78, 5) is 0. The van der Waals surface area contributed by atoms with E-state index in [1.54, 1.807) is 0 Å². The molecule has 13 heavy (non-hydrogen) atoms. The zero-order valence-electron chi connectivity index (χ0n) is 8.49. The van der Waals surface area contributed by atoms with Crippen LogP contribution in [0.2, 0.25) is 0 Å². The zero-order chi connectivity index (χ0) is 9.94. The highest BCUT2D eigenvalue weighted by Crippen LogP contribution is 1.91. The number of hydrogen-bond acceptors (Lipinski definition) is 4. The van der Waals surface area contributed by atoms with Gasteiger partial charge in [0.05, 0.1) is 39.1 Å². The zero-order valence-corrected chi connectivity index (χ0v) is 8.49. The summed E-state index contributed by atoms with van der Waals surface area (Å²) >= 11 is 0. The fraction of sp³-hybridized carbons (Fsp3) is 1.00. The minimum Gasteiger partial charge on any atom is -0.394 e. The average molecular weight is 192 g/mol. The Hall–Kier alpha value is -0.160. The molecule has 4 nitrogen and oxygen atoms in total. The van der Waals surface area contributed by atoms with Crippen LogP contribution in [0.3, 0.4) is 0 Å². The monoisotopic (exact) mass is 192 g/mol. The molecule has 0 heterocycles. The van der Waals surface area contributed by atoms with Crippen LogP contribution >= 0.6 is 0 Å². The predicted octanol–water partition coefficient (Wildman–Crippen LogP) is 0.437. The maximum atomic E-state index is 8.41. The van der Waals surface area contributed by atoms with E-state index < -0.39 is 0 Å². The lowest BCUT2D eigenvalue weighted by Gasteiger charge is -2.12. The lowest BCUT2D eigenvalue weighted by molar-refractivity contribution is -0.0308. The molecule has 1 unspecified atom stereocenters. The molecule has 80 valence electrons. The molecule has 0 aliphatic carbocycles. The van der Waals surface area contributed by atoms with Gasteiger partial charge in [-0.3, -0.25) is 0 Å². The van der Waals surface area contributed by atoms with Crippen molar-refractivity contribution >= 4 is 0 Å². The van der Waals surface area contributed by atoms with Gasteiger partial charge in [0.25, 0.3) is 0 Å². The molecule has 0 bridgehead atoms. The lowest BCUT2D eigenvalue weighted by atomic mass is 10.4. The SMILES string of the molecule is CCOCC(C)OCCOCCO. The first-order chi connectivity index (χ1) is 6.31. The Morgan fingerprint density at radius 1 is 1.15 bits per heavy atom. The molecule has 0 aliphatic heterocycles. The molecule has 0 amide bonds. The van der Waals surface area contributed by atoms with Gasteiger partial charge in [0.15, 0.2) is 0 Å². The molecule has 1 N–H and O–H groups in total. The molecular formula is C9H20O4. The van der Waals surface area contributed by atoms with E-state index in [0.717, 1.165) is 0 Å². The largest absolute Gasteiger partial charge is 0.394 e. The number of aliphatic hydroxyl groups is 1. The molecule has 0 radical (unpaired) electrons. The van der Waals surface area contributed by atoms with Crippen LogP contribution in [0.25, 0.3) is 0 Å². The maximum Gasteiger partial charge on any atom is 0.0781 e. The van der Waals surface area contributed by atoms with E-state index in [9.17, 15) is 0 Å². The van der Waals surface area contributed by atoms with Gasteiger partial charge in [-0.15, -0.1) is 0 Å². The molecule has 0 saturated heterocycles. The van der Waals surface area contributed by atoms with Crippen LogP contribution in [0, 0.1) is 0 Å². The minimum absolute atomic E-state index is 0.0640. The molecule has 1 atom stereocenters. The fourth-order valence-electron chi connectivity index (χ4n) is 0.807. The van der Waals surface area contributed by atoms with Crippen LogP contribution in [0.5, 0.6) is 0 Å². The summed E-state index contributed by atoms with van der Waals surface area (Å²) in [7, 11) is 0. The molecule has 0 aliphatic rings. The van der Waals surface area contributed by atoms with Crippen LogP contribution in [0.1, 0.15) is 13.8 Å². The first-order valence-electron chi connectivity index (χ1n) is 4.69. The van der Waals surface area contributed by atoms with Crippen molar-refractivity contribution in [1.29, 1.82) is 0 Å². The minimum atomic E-state index is 0.0640. The van der Waals surface area contributed by atoms with E-state index in [1.165, 1.54) is 0 Å². The second-order valence-corrected chi connectivity index (χ2v) is 2.68. The highest BCUT2D eigenvalue weighted by atomic mass is 16.6. The molecule has 0 rings (SSSR count). The van der Waals surface area contributed by atoms with Crippen LogP contribution in [0.4, 0.5) is 0 Å². The van der Waals surface area contributed by atoms with Crippen molar-refractivity contribution in [1.82, 2.24) is 0 Å². The first-order valence-corrected chi connectivity index (χ1v) is 4.69. The molecule has 0 saturated carbocycles. The second kappa shape index (κ2) is 9.92. The van der Waals surface area contributed by atoms with Crippen LogP contribution in [0.15, 0.2) is 0 Å². The summed E-state index contributed by atoms with van der Waals surface area (Å²) in [6, 6.07) is 0. The Kier molecular flexibility index (Phi) is 9.80. The van der Waals surface area contributed by atoms with E-state index in [0.29, 0.717) is 33.0 Å². The Morgan fingerprint density at radius 2 is 1.92 bits per heavy atom.